The molecule has 3 rings (SSSR count). The van der Waals surface area contributed by atoms with Crippen LogP contribution in [0.25, 0.3) is 5.69 Å². The smallest absolute Gasteiger partial charge is 0.280 e. The van der Waals surface area contributed by atoms with Crippen molar-refractivity contribution in [3.05, 3.63) is 82.1 Å². The number of rotatable bonds is 5. The highest BCUT2D eigenvalue weighted by Crippen LogP contribution is 2.18. The second-order valence-electron chi connectivity index (χ2n) is 5.45. The fraction of sp³-hybridized carbons (Fsp3) is 0.105. The summed E-state index contributed by atoms with van der Waals surface area (Å²) in [5.41, 5.74) is -1.01. The summed E-state index contributed by atoms with van der Waals surface area (Å²) in [7, 11) is 0. The van der Waals surface area contributed by atoms with Crippen molar-refractivity contribution >= 4 is 11.6 Å². The van der Waals surface area contributed by atoms with Gasteiger partial charge in [-0.1, -0.05) is 18.2 Å². The predicted octanol–water partition coefficient (Wildman–Crippen LogP) is 3.16. The Morgan fingerprint density at radius 1 is 1.15 bits per heavy atom. The van der Waals surface area contributed by atoms with Crippen LogP contribution in [0.1, 0.15) is 17.4 Å². The second-order valence-corrected chi connectivity index (χ2v) is 5.45. The van der Waals surface area contributed by atoms with Crippen LogP contribution in [-0.2, 0) is 0 Å². The fourth-order valence-electron chi connectivity index (χ4n) is 2.38. The lowest BCUT2D eigenvalue weighted by atomic mass is 10.2. The van der Waals surface area contributed by atoms with Gasteiger partial charge in [-0.2, -0.15) is 5.10 Å². The van der Waals surface area contributed by atoms with Crippen LogP contribution in [0.5, 0.6) is 5.88 Å². The van der Waals surface area contributed by atoms with Gasteiger partial charge in [0.05, 0.1) is 24.0 Å². The van der Waals surface area contributed by atoms with Crippen molar-refractivity contribution in [2.24, 2.45) is 0 Å². The maximum Gasteiger partial charge on any atom is 0.280 e. The van der Waals surface area contributed by atoms with E-state index in [0.717, 1.165) is 24.3 Å². The van der Waals surface area contributed by atoms with Crippen molar-refractivity contribution in [2.75, 3.05) is 11.9 Å². The molecule has 0 atom stereocenters. The number of nitrogens with zero attached hydrogens (tertiary/aromatic N) is 2. The molecule has 6 nitrogen and oxygen atoms in total. The number of anilines is 1. The van der Waals surface area contributed by atoms with E-state index in [4.69, 9.17) is 4.74 Å². The van der Waals surface area contributed by atoms with Crippen LogP contribution in [0, 0.1) is 11.6 Å². The number of carbonyl (C=O) groups excluding carboxylic acids is 1. The lowest BCUT2D eigenvalue weighted by Gasteiger charge is -2.13. The van der Waals surface area contributed by atoms with Crippen LogP contribution in [0.4, 0.5) is 14.5 Å². The van der Waals surface area contributed by atoms with Gasteiger partial charge < -0.3 is 10.1 Å². The molecule has 0 saturated carbocycles. The normalized spacial score (nSPS) is 10.5. The number of aromatic nitrogens is 2. The average Bonchev–Trinajstić information content (AvgIpc) is 2.66. The second kappa shape index (κ2) is 7.77. The first-order chi connectivity index (χ1) is 13.0. The van der Waals surface area contributed by atoms with Gasteiger partial charge in [-0.15, -0.1) is 0 Å². The number of carbonyl (C=O) groups is 1. The Bertz CT molecular complexity index is 1040. The molecule has 8 heteroatoms. The van der Waals surface area contributed by atoms with Gasteiger partial charge in [0.25, 0.3) is 5.91 Å². The Morgan fingerprint density at radius 3 is 2.59 bits per heavy atom. The Kier molecular flexibility index (Phi) is 5.25. The van der Waals surface area contributed by atoms with Crippen molar-refractivity contribution in [3.8, 4) is 11.6 Å². The molecule has 0 spiro atoms. The van der Waals surface area contributed by atoms with E-state index in [1.54, 1.807) is 37.3 Å². The molecule has 1 heterocycles. The van der Waals surface area contributed by atoms with Gasteiger partial charge in [0.15, 0.2) is 5.69 Å². The van der Waals surface area contributed by atoms with Crippen LogP contribution in [0.15, 0.2) is 59.4 Å². The molecule has 1 amide bonds. The number of hydrogen-bond acceptors (Lipinski definition) is 4. The maximum atomic E-state index is 13.7. The quantitative estimate of drug-likeness (QED) is 0.748. The molecule has 138 valence electrons. The molecule has 0 aliphatic carbocycles. The Hall–Kier alpha value is -3.55. The number of benzene rings is 2. The van der Waals surface area contributed by atoms with E-state index in [1.165, 1.54) is 4.68 Å². The predicted molar refractivity (Wildman–Crippen MR) is 95.3 cm³/mol. The number of hydrogen-bond donors (Lipinski definition) is 1. The molecule has 1 aromatic heterocycles. The first-order valence-electron chi connectivity index (χ1n) is 8.08. The monoisotopic (exact) mass is 371 g/mol. The summed E-state index contributed by atoms with van der Waals surface area (Å²) in [5, 5.41) is 6.23. The minimum Gasteiger partial charge on any atom is -0.478 e. The zero-order valence-electron chi connectivity index (χ0n) is 14.3. The van der Waals surface area contributed by atoms with E-state index < -0.39 is 28.7 Å². The third-order valence-corrected chi connectivity index (χ3v) is 3.58. The number of nitrogens with one attached hydrogen (secondary N) is 1. The van der Waals surface area contributed by atoms with E-state index >= 15 is 0 Å². The Balaban J connectivity index is 2.03. The molecule has 3 aromatic rings. The molecule has 2 aromatic carbocycles. The summed E-state index contributed by atoms with van der Waals surface area (Å²) in [6.45, 7) is 2.03. The zero-order chi connectivity index (χ0) is 19.4. The maximum absolute atomic E-state index is 13.7. The molecule has 0 bridgehead atoms. The lowest BCUT2D eigenvalue weighted by Crippen LogP contribution is -2.27. The highest BCUT2D eigenvalue weighted by molar-refractivity contribution is 6.02. The molecule has 0 unspecified atom stereocenters. The Morgan fingerprint density at radius 2 is 1.89 bits per heavy atom. The van der Waals surface area contributed by atoms with E-state index in [9.17, 15) is 18.4 Å². The highest BCUT2D eigenvalue weighted by atomic mass is 19.1. The van der Waals surface area contributed by atoms with Crippen molar-refractivity contribution in [1.82, 2.24) is 9.78 Å². The molecule has 0 radical (unpaired) electrons. The van der Waals surface area contributed by atoms with E-state index in [2.05, 4.69) is 10.4 Å². The molecule has 27 heavy (non-hydrogen) atoms. The van der Waals surface area contributed by atoms with Gasteiger partial charge in [-0.25, -0.2) is 13.5 Å². The van der Waals surface area contributed by atoms with Gasteiger partial charge in [-0.3, -0.25) is 9.59 Å². The summed E-state index contributed by atoms with van der Waals surface area (Å²) in [5.74, 6) is -2.37. The number of halogens is 2. The number of ether oxygens (including phenoxy) is 1. The standard InChI is InChI=1S/C19H15F2N3O3/c1-2-27-17-11-16(25)18(23-24(17)13-6-4-3-5-7-13)19(26)22-15-10-12(20)8-9-14(15)21/h3-11H,2H2,1H3,(H,22,26). The molecular weight excluding hydrogens is 356 g/mol. The summed E-state index contributed by atoms with van der Waals surface area (Å²) in [6, 6.07) is 12.5. The van der Waals surface area contributed by atoms with Crippen LogP contribution in [0.2, 0.25) is 0 Å². The molecule has 0 saturated heterocycles. The summed E-state index contributed by atoms with van der Waals surface area (Å²) < 4.78 is 33.7. The molecule has 0 aliphatic heterocycles. The number of para-hydroxylation sites is 1. The minimum absolute atomic E-state index is 0.155. The SMILES string of the molecule is CCOc1cc(=O)c(C(=O)Nc2cc(F)ccc2F)nn1-c1ccccc1. The highest BCUT2D eigenvalue weighted by Gasteiger charge is 2.19. The summed E-state index contributed by atoms with van der Waals surface area (Å²) in [6.07, 6.45) is 0. The summed E-state index contributed by atoms with van der Waals surface area (Å²) >= 11 is 0. The van der Waals surface area contributed by atoms with Gasteiger partial charge in [0, 0.05) is 6.07 Å². The number of amides is 1. The molecule has 0 fully saturated rings. The van der Waals surface area contributed by atoms with Crippen molar-refractivity contribution in [1.29, 1.82) is 0 Å². The average molecular weight is 371 g/mol. The third-order valence-electron chi connectivity index (χ3n) is 3.58. The third kappa shape index (κ3) is 4.00. The van der Waals surface area contributed by atoms with Crippen LogP contribution < -0.4 is 15.5 Å². The van der Waals surface area contributed by atoms with E-state index in [0.29, 0.717) is 5.69 Å². The van der Waals surface area contributed by atoms with Gasteiger partial charge in [-0.05, 0) is 31.2 Å². The van der Waals surface area contributed by atoms with Gasteiger partial charge >= 0.3 is 0 Å². The van der Waals surface area contributed by atoms with Crippen molar-refractivity contribution in [2.45, 2.75) is 6.92 Å². The zero-order valence-corrected chi connectivity index (χ0v) is 14.3. The fourth-order valence-corrected chi connectivity index (χ4v) is 2.38. The largest absolute Gasteiger partial charge is 0.478 e. The first-order valence-corrected chi connectivity index (χ1v) is 8.08. The van der Waals surface area contributed by atoms with Crippen molar-refractivity contribution < 1.29 is 18.3 Å². The van der Waals surface area contributed by atoms with Crippen LogP contribution in [-0.4, -0.2) is 22.3 Å². The Labute approximate surface area is 153 Å². The topological polar surface area (TPSA) is 73.2 Å². The molecule has 0 aliphatic rings. The molecule has 1 N–H and O–H groups in total. The van der Waals surface area contributed by atoms with Crippen molar-refractivity contribution in [3.63, 3.8) is 0 Å². The van der Waals surface area contributed by atoms with Crippen LogP contribution in [0.3, 0.4) is 0 Å². The van der Waals surface area contributed by atoms with Gasteiger partial charge in [0.1, 0.15) is 11.6 Å². The molecular formula is C19H15F2N3O3. The lowest BCUT2D eigenvalue weighted by molar-refractivity contribution is 0.101. The minimum atomic E-state index is -0.961. The van der Waals surface area contributed by atoms with E-state index in [1.807, 2.05) is 0 Å². The van der Waals surface area contributed by atoms with Crippen LogP contribution >= 0.6 is 0 Å². The first kappa shape index (κ1) is 18.2. The van der Waals surface area contributed by atoms with Gasteiger partial charge in [0.2, 0.25) is 11.3 Å². The summed E-state index contributed by atoms with van der Waals surface area (Å²) in [4.78, 5) is 24.7. The van der Waals surface area contributed by atoms with E-state index in [-0.39, 0.29) is 18.2 Å².